The van der Waals surface area contributed by atoms with E-state index < -0.39 is 0 Å². The lowest BCUT2D eigenvalue weighted by molar-refractivity contribution is -0.119. The lowest BCUT2D eigenvalue weighted by atomic mass is 9.78. The van der Waals surface area contributed by atoms with E-state index >= 15 is 0 Å². The van der Waals surface area contributed by atoms with Crippen LogP contribution in [-0.4, -0.2) is 49.6 Å². The minimum atomic E-state index is -0.00894. The second kappa shape index (κ2) is 9.30. The van der Waals surface area contributed by atoms with E-state index in [1.54, 1.807) is 0 Å². The van der Waals surface area contributed by atoms with Gasteiger partial charge >= 0.3 is 6.03 Å². The standard InChI is InChI=1S/C22H33N3O3/c1-17(2)8-14-28-19-6-4-3-5-18(19)7-11-23-21(27)25-12-9-22(10-13-25)15-20(26)24-16-22/h3-6,17H,7-16H2,1-2H3,(H,23,27)(H,24,26). The Hall–Kier alpha value is -2.24. The van der Waals surface area contributed by atoms with E-state index in [4.69, 9.17) is 4.74 Å². The van der Waals surface area contributed by atoms with Crippen molar-refractivity contribution in [3.05, 3.63) is 29.8 Å². The first-order chi connectivity index (χ1) is 13.5. The normalized spacial score (nSPS) is 18.4. The van der Waals surface area contributed by atoms with Gasteiger partial charge in [0, 0.05) is 32.6 Å². The van der Waals surface area contributed by atoms with Gasteiger partial charge in [-0.3, -0.25) is 4.79 Å². The molecular formula is C22H33N3O3. The quantitative estimate of drug-likeness (QED) is 0.756. The molecule has 1 spiro atoms. The molecule has 2 aliphatic rings. The molecule has 154 valence electrons. The third-order valence-corrected chi connectivity index (χ3v) is 5.90. The number of urea groups is 1. The van der Waals surface area contributed by atoms with Crippen molar-refractivity contribution in [3.8, 4) is 5.75 Å². The molecule has 2 saturated heterocycles. The lowest BCUT2D eigenvalue weighted by Crippen LogP contribution is -2.48. The molecule has 0 unspecified atom stereocenters. The predicted molar refractivity (Wildman–Crippen MR) is 109 cm³/mol. The Bertz CT molecular complexity index is 681. The van der Waals surface area contributed by atoms with Gasteiger partial charge in [0.2, 0.25) is 5.91 Å². The molecule has 1 aromatic rings. The fourth-order valence-corrected chi connectivity index (χ4v) is 3.96. The zero-order valence-corrected chi connectivity index (χ0v) is 17.1. The number of likely N-dealkylation sites (tertiary alicyclic amines) is 1. The van der Waals surface area contributed by atoms with Crippen molar-refractivity contribution < 1.29 is 14.3 Å². The average molecular weight is 388 g/mol. The average Bonchev–Trinajstić information content (AvgIpc) is 3.03. The number of benzene rings is 1. The topological polar surface area (TPSA) is 70.7 Å². The number of piperidine rings is 1. The number of carbonyl (C=O) groups excluding carboxylic acids is 2. The molecule has 1 aromatic carbocycles. The molecule has 0 radical (unpaired) electrons. The van der Waals surface area contributed by atoms with Crippen molar-refractivity contribution in [2.45, 2.75) is 46.0 Å². The number of carbonyl (C=O) groups is 2. The summed E-state index contributed by atoms with van der Waals surface area (Å²) in [5.74, 6) is 1.68. The Morgan fingerprint density at radius 1 is 1.29 bits per heavy atom. The number of nitrogens with zero attached hydrogens (tertiary/aromatic N) is 1. The lowest BCUT2D eigenvalue weighted by Gasteiger charge is -2.38. The van der Waals surface area contributed by atoms with Crippen molar-refractivity contribution in [1.82, 2.24) is 15.5 Å². The first-order valence-corrected chi connectivity index (χ1v) is 10.5. The van der Waals surface area contributed by atoms with Crippen LogP contribution in [-0.2, 0) is 11.2 Å². The summed E-state index contributed by atoms with van der Waals surface area (Å²) >= 11 is 0. The molecule has 0 atom stereocenters. The fourth-order valence-electron chi connectivity index (χ4n) is 3.96. The highest BCUT2D eigenvalue weighted by molar-refractivity contribution is 5.79. The fraction of sp³-hybridized carbons (Fsp3) is 0.636. The van der Waals surface area contributed by atoms with Crippen LogP contribution < -0.4 is 15.4 Å². The SMILES string of the molecule is CC(C)CCOc1ccccc1CCNC(=O)N1CCC2(CC1)CNC(=O)C2. The Labute approximate surface area is 168 Å². The van der Waals surface area contributed by atoms with E-state index in [1.165, 1.54) is 0 Å². The molecule has 6 heteroatoms. The number of ether oxygens (including phenoxy) is 1. The van der Waals surface area contributed by atoms with Gasteiger partial charge in [-0.15, -0.1) is 0 Å². The number of nitrogens with one attached hydrogen (secondary N) is 2. The van der Waals surface area contributed by atoms with Crippen molar-refractivity contribution >= 4 is 11.9 Å². The number of para-hydroxylation sites is 1. The van der Waals surface area contributed by atoms with Crippen LogP contribution in [0.5, 0.6) is 5.75 Å². The Morgan fingerprint density at radius 2 is 2.04 bits per heavy atom. The van der Waals surface area contributed by atoms with Crippen LogP contribution in [0.15, 0.2) is 24.3 Å². The molecule has 2 N–H and O–H groups in total. The van der Waals surface area contributed by atoms with Crippen LogP contribution in [0.1, 0.15) is 45.1 Å². The van der Waals surface area contributed by atoms with E-state index in [0.29, 0.717) is 25.5 Å². The molecule has 3 rings (SSSR count). The first-order valence-electron chi connectivity index (χ1n) is 10.5. The summed E-state index contributed by atoms with van der Waals surface area (Å²) in [6.07, 6.45) is 4.18. The van der Waals surface area contributed by atoms with Gasteiger partial charge in [0.25, 0.3) is 0 Å². The van der Waals surface area contributed by atoms with Gasteiger partial charge in [0.15, 0.2) is 0 Å². The maximum absolute atomic E-state index is 12.5. The smallest absolute Gasteiger partial charge is 0.317 e. The number of hydrogen-bond donors (Lipinski definition) is 2. The zero-order valence-electron chi connectivity index (χ0n) is 17.1. The van der Waals surface area contributed by atoms with Crippen molar-refractivity contribution in [2.75, 3.05) is 32.8 Å². The number of amides is 3. The summed E-state index contributed by atoms with van der Waals surface area (Å²) in [5, 5.41) is 5.97. The third kappa shape index (κ3) is 5.40. The minimum absolute atomic E-state index is 0.00894. The van der Waals surface area contributed by atoms with Crippen molar-refractivity contribution in [3.63, 3.8) is 0 Å². The summed E-state index contributed by atoms with van der Waals surface area (Å²) in [6, 6.07) is 8.04. The Balaban J connectivity index is 1.42. The summed E-state index contributed by atoms with van der Waals surface area (Å²) in [6.45, 7) is 7.88. The molecule has 0 aliphatic carbocycles. The van der Waals surface area contributed by atoms with Gasteiger partial charge in [0.05, 0.1) is 6.61 Å². The second-order valence-corrected chi connectivity index (χ2v) is 8.56. The van der Waals surface area contributed by atoms with Crippen molar-refractivity contribution in [2.24, 2.45) is 11.3 Å². The highest BCUT2D eigenvalue weighted by Crippen LogP contribution is 2.37. The van der Waals surface area contributed by atoms with E-state index in [9.17, 15) is 9.59 Å². The van der Waals surface area contributed by atoms with Gasteiger partial charge in [-0.25, -0.2) is 4.79 Å². The van der Waals surface area contributed by atoms with Gasteiger partial charge in [0.1, 0.15) is 5.75 Å². The summed E-state index contributed by atoms with van der Waals surface area (Å²) < 4.78 is 5.93. The molecule has 0 bridgehead atoms. The molecule has 6 nitrogen and oxygen atoms in total. The van der Waals surface area contributed by atoms with Crippen molar-refractivity contribution in [1.29, 1.82) is 0 Å². The van der Waals surface area contributed by atoms with Crippen LogP contribution >= 0.6 is 0 Å². The van der Waals surface area contributed by atoms with Gasteiger partial charge in [-0.2, -0.15) is 0 Å². The maximum atomic E-state index is 12.5. The number of hydrogen-bond acceptors (Lipinski definition) is 3. The summed E-state index contributed by atoms with van der Waals surface area (Å²) in [7, 11) is 0. The second-order valence-electron chi connectivity index (χ2n) is 8.56. The Kier molecular flexibility index (Phi) is 6.81. The van der Waals surface area contributed by atoms with Gasteiger partial charge in [-0.05, 0) is 48.6 Å². The zero-order chi connectivity index (χ0) is 20.0. The molecular weight excluding hydrogens is 354 g/mol. The summed E-state index contributed by atoms with van der Waals surface area (Å²) in [5.41, 5.74) is 1.19. The van der Waals surface area contributed by atoms with E-state index in [-0.39, 0.29) is 17.4 Å². The molecule has 28 heavy (non-hydrogen) atoms. The molecule has 0 saturated carbocycles. The van der Waals surface area contributed by atoms with Crippen LogP contribution in [0.25, 0.3) is 0 Å². The van der Waals surface area contributed by atoms with Gasteiger partial charge in [-0.1, -0.05) is 32.0 Å². The highest BCUT2D eigenvalue weighted by Gasteiger charge is 2.41. The molecule has 2 fully saturated rings. The van der Waals surface area contributed by atoms with Crippen LogP contribution in [0.3, 0.4) is 0 Å². The molecule has 3 amide bonds. The molecule has 2 aliphatic heterocycles. The van der Waals surface area contributed by atoms with Gasteiger partial charge < -0.3 is 20.3 Å². The highest BCUT2D eigenvalue weighted by atomic mass is 16.5. The largest absolute Gasteiger partial charge is 0.493 e. The molecule has 2 heterocycles. The maximum Gasteiger partial charge on any atom is 0.317 e. The monoisotopic (exact) mass is 387 g/mol. The van der Waals surface area contributed by atoms with Crippen LogP contribution in [0, 0.1) is 11.3 Å². The third-order valence-electron chi connectivity index (χ3n) is 5.90. The summed E-state index contributed by atoms with van der Waals surface area (Å²) in [4.78, 5) is 25.9. The number of rotatable bonds is 7. The van der Waals surface area contributed by atoms with E-state index in [0.717, 1.165) is 56.6 Å². The van der Waals surface area contributed by atoms with E-state index in [1.807, 2.05) is 23.1 Å². The molecule has 0 aromatic heterocycles. The minimum Gasteiger partial charge on any atom is -0.493 e. The first kappa shape index (κ1) is 20.5. The van der Waals surface area contributed by atoms with E-state index in [2.05, 4.69) is 30.5 Å². The van der Waals surface area contributed by atoms with Crippen LogP contribution in [0.2, 0.25) is 0 Å². The Morgan fingerprint density at radius 3 is 2.71 bits per heavy atom. The van der Waals surface area contributed by atoms with Crippen LogP contribution in [0.4, 0.5) is 4.79 Å². The predicted octanol–water partition coefficient (Wildman–Crippen LogP) is 2.97.